The molecule has 1 N–H and O–H groups in total. The fourth-order valence-corrected chi connectivity index (χ4v) is 1.09. The van der Waals surface area contributed by atoms with Crippen molar-refractivity contribution in [2.24, 2.45) is 0 Å². The number of aliphatic hydroxyl groups is 1. The SMILES string of the molecule is CC(C)Oc1cc(F)ccc1C#CCO. The molecule has 0 atom stereocenters. The van der Waals surface area contributed by atoms with E-state index in [4.69, 9.17) is 9.84 Å². The zero-order chi connectivity index (χ0) is 11.3. The standard InChI is InChI=1S/C12H13FO2/c1-9(2)15-12-8-11(13)6-5-10(12)4-3-7-14/h5-6,8-9,14H,7H2,1-2H3. The second-order valence-corrected chi connectivity index (χ2v) is 3.27. The van der Waals surface area contributed by atoms with Crippen LogP contribution in [0.4, 0.5) is 4.39 Å². The maximum absolute atomic E-state index is 12.9. The molecule has 0 aliphatic rings. The zero-order valence-corrected chi connectivity index (χ0v) is 8.75. The third-order valence-corrected chi connectivity index (χ3v) is 1.61. The summed E-state index contributed by atoms with van der Waals surface area (Å²) >= 11 is 0. The van der Waals surface area contributed by atoms with Crippen LogP contribution in [0.3, 0.4) is 0 Å². The highest BCUT2D eigenvalue weighted by molar-refractivity contribution is 5.46. The molecule has 0 saturated heterocycles. The molecule has 0 radical (unpaired) electrons. The van der Waals surface area contributed by atoms with Gasteiger partial charge in [0.1, 0.15) is 18.2 Å². The molecular weight excluding hydrogens is 195 g/mol. The molecule has 1 rings (SSSR count). The van der Waals surface area contributed by atoms with Crippen LogP contribution >= 0.6 is 0 Å². The molecule has 80 valence electrons. The summed E-state index contributed by atoms with van der Waals surface area (Å²) in [5, 5.41) is 8.57. The molecule has 0 fully saturated rings. The van der Waals surface area contributed by atoms with Crippen molar-refractivity contribution in [2.45, 2.75) is 20.0 Å². The van der Waals surface area contributed by atoms with Gasteiger partial charge in [0.05, 0.1) is 11.7 Å². The van der Waals surface area contributed by atoms with E-state index in [1.165, 1.54) is 18.2 Å². The average molecular weight is 208 g/mol. The number of rotatable bonds is 2. The zero-order valence-electron chi connectivity index (χ0n) is 8.75. The average Bonchev–Trinajstić information content (AvgIpc) is 2.16. The molecule has 0 aromatic heterocycles. The van der Waals surface area contributed by atoms with Crippen molar-refractivity contribution in [3.05, 3.63) is 29.6 Å². The van der Waals surface area contributed by atoms with Gasteiger partial charge in [-0.3, -0.25) is 0 Å². The van der Waals surface area contributed by atoms with Gasteiger partial charge in [-0.25, -0.2) is 4.39 Å². The first-order valence-electron chi connectivity index (χ1n) is 4.69. The van der Waals surface area contributed by atoms with Gasteiger partial charge in [-0.15, -0.1) is 0 Å². The van der Waals surface area contributed by atoms with Crippen molar-refractivity contribution in [3.8, 4) is 17.6 Å². The lowest BCUT2D eigenvalue weighted by molar-refractivity contribution is 0.240. The van der Waals surface area contributed by atoms with E-state index in [1.807, 2.05) is 13.8 Å². The van der Waals surface area contributed by atoms with Crippen molar-refractivity contribution < 1.29 is 14.2 Å². The molecule has 0 amide bonds. The minimum Gasteiger partial charge on any atom is -0.490 e. The monoisotopic (exact) mass is 208 g/mol. The first kappa shape index (κ1) is 11.5. The molecule has 1 aromatic carbocycles. The fourth-order valence-electron chi connectivity index (χ4n) is 1.09. The number of halogens is 1. The number of hydrogen-bond acceptors (Lipinski definition) is 2. The third-order valence-electron chi connectivity index (χ3n) is 1.61. The molecule has 3 heteroatoms. The van der Waals surface area contributed by atoms with Crippen molar-refractivity contribution in [1.82, 2.24) is 0 Å². The van der Waals surface area contributed by atoms with E-state index in [-0.39, 0.29) is 18.5 Å². The Hall–Kier alpha value is -1.53. The highest BCUT2D eigenvalue weighted by atomic mass is 19.1. The number of hydrogen-bond donors (Lipinski definition) is 1. The quantitative estimate of drug-likeness (QED) is 0.753. The van der Waals surface area contributed by atoms with Crippen LogP contribution in [0.15, 0.2) is 18.2 Å². The summed E-state index contributed by atoms with van der Waals surface area (Å²) in [5.41, 5.74) is 0.583. The Morgan fingerprint density at radius 2 is 2.20 bits per heavy atom. The summed E-state index contributed by atoms with van der Waals surface area (Å²) in [6.07, 6.45) is -0.0403. The van der Waals surface area contributed by atoms with Crippen molar-refractivity contribution in [3.63, 3.8) is 0 Å². The van der Waals surface area contributed by atoms with Gasteiger partial charge in [0.2, 0.25) is 0 Å². The molecule has 0 heterocycles. The van der Waals surface area contributed by atoms with E-state index in [9.17, 15) is 4.39 Å². The first-order valence-corrected chi connectivity index (χ1v) is 4.69. The van der Waals surface area contributed by atoms with Crippen LogP contribution in [0.25, 0.3) is 0 Å². The van der Waals surface area contributed by atoms with Gasteiger partial charge in [-0.05, 0) is 26.0 Å². The van der Waals surface area contributed by atoms with Gasteiger partial charge in [0.25, 0.3) is 0 Å². The Kier molecular flexibility index (Phi) is 4.14. The van der Waals surface area contributed by atoms with E-state index in [0.29, 0.717) is 11.3 Å². The van der Waals surface area contributed by atoms with Crippen LogP contribution in [0, 0.1) is 17.7 Å². The maximum atomic E-state index is 12.9. The van der Waals surface area contributed by atoms with Crippen LogP contribution in [0.1, 0.15) is 19.4 Å². The summed E-state index contributed by atoms with van der Waals surface area (Å²) in [6, 6.07) is 4.14. The second-order valence-electron chi connectivity index (χ2n) is 3.27. The van der Waals surface area contributed by atoms with Gasteiger partial charge >= 0.3 is 0 Å². The molecule has 15 heavy (non-hydrogen) atoms. The minimum atomic E-state index is -0.361. The largest absolute Gasteiger partial charge is 0.490 e. The molecule has 0 aliphatic carbocycles. The van der Waals surface area contributed by atoms with Crippen LogP contribution in [0.5, 0.6) is 5.75 Å². The lowest BCUT2D eigenvalue weighted by atomic mass is 10.2. The Balaban J connectivity index is 3.03. The Bertz CT molecular complexity index is 388. The lowest BCUT2D eigenvalue weighted by Crippen LogP contribution is -2.07. The minimum absolute atomic E-state index is 0.0403. The predicted molar refractivity (Wildman–Crippen MR) is 56.1 cm³/mol. The van der Waals surface area contributed by atoms with Crippen LogP contribution in [0.2, 0.25) is 0 Å². The molecule has 2 nitrogen and oxygen atoms in total. The highest BCUT2D eigenvalue weighted by Gasteiger charge is 2.05. The lowest BCUT2D eigenvalue weighted by Gasteiger charge is -2.11. The summed E-state index contributed by atoms with van der Waals surface area (Å²) in [6.45, 7) is 3.49. The van der Waals surface area contributed by atoms with Gasteiger partial charge < -0.3 is 9.84 Å². The number of ether oxygens (including phenoxy) is 1. The first-order chi connectivity index (χ1) is 7.13. The summed E-state index contributed by atoms with van der Waals surface area (Å²) in [4.78, 5) is 0. The second kappa shape index (κ2) is 5.38. The van der Waals surface area contributed by atoms with Crippen molar-refractivity contribution in [1.29, 1.82) is 0 Å². The smallest absolute Gasteiger partial charge is 0.138 e. The summed E-state index contributed by atoms with van der Waals surface area (Å²) in [5.74, 6) is 5.25. The van der Waals surface area contributed by atoms with Crippen molar-refractivity contribution >= 4 is 0 Å². The van der Waals surface area contributed by atoms with E-state index < -0.39 is 0 Å². The molecule has 0 saturated carbocycles. The van der Waals surface area contributed by atoms with Gasteiger partial charge in [-0.1, -0.05) is 11.8 Å². The molecule has 0 aliphatic heterocycles. The van der Waals surface area contributed by atoms with Crippen LogP contribution in [-0.2, 0) is 0 Å². The van der Waals surface area contributed by atoms with Crippen LogP contribution in [-0.4, -0.2) is 17.8 Å². The predicted octanol–water partition coefficient (Wildman–Crippen LogP) is 1.96. The number of aliphatic hydroxyl groups excluding tert-OH is 1. The maximum Gasteiger partial charge on any atom is 0.138 e. The Labute approximate surface area is 88.7 Å². The molecule has 0 unspecified atom stereocenters. The molecular formula is C12H13FO2. The molecule has 0 bridgehead atoms. The van der Waals surface area contributed by atoms with Gasteiger partial charge in [-0.2, -0.15) is 0 Å². The normalized spacial score (nSPS) is 9.67. The summed E-state index contributed by atoms with van der Waals surface area (Å²) < 4.78 is 18.3. The van der Waals surface area contributed by atoms with Crippen LogP contribution < -0.4 is 4.74 Å². The van der Waals surface area contributed by atoms with Gasteiger partial charge in [0, 0.05) is 6.07 Å². The molecule has 1 aromatic rings. The third kappa shape index (κ3) is 3.61. The van der Waals surface area contributed by atoms with E-state index in [0.717, 1.165) is 0 Å². The topological polar surface area (TPSA) is 29.5 Å². The fraction of sp³-hybridized carbons (Fsp3) is 0.333. The van der Waals surface area contributed by atoms with E-state index >= 15 is 0 Å². The van der Waals surface area contributed by atoms with Gasteiger partial charge in [0.15, 0.2) is 0 Å². The Morgan fingerprint density at radius 3 is 2.80 bits per heavy atom. The number of benzene rings is 1. The summed E-state index contributed by atoms with van der Waals surface area (Å²) in [7, 11) is 0. The van der Waals surface area contributed by atoms with Crippen molar-refractivity contribution in [2.75, 3.05) is 6.61 Å². The molecule has 0 spiro atoms. The van der Waals surface area contributed by atoms with E-state index in [2.05, 4.69) is 11.8 Å². The highest BCUT2D eigenvalue weighted by Crippen LogP contribution is 2.20. The Morgan fingerprint density at radius 1 is 1.47 bits per heavy atom. The van der Waals surface area contributed by atoms with E-state index in [1.54, 1.807) is 0 Å².